The van der Waals surface area contributed by atoms with Crippen LogP contribution in [-0.4, -0.2) is 18.1 Å². The van der Waals surface area contributed by atoms with E-state index >= 15 is 0 Å². The molecule has 0 aliphatic carbocycles. The number of anilines is 1. The van der Waals surface area contributed by atoms with E-state index in [1.54, 1.807) is 0 Å². The van der Waals surface area contributed by atoms with E-state index < -0.39 is 0 Å². The highest BCUT2D eigenvalue weighted by atomic mass is 15.2. The SMILES string of the molecule is CC[C@H](CC(C)C)/N=c1/c(C)c1N(C(C)C)C(C)C. The average Bonchev–Trinajstić information content (AvgIpc) is 2.87. The van der Waals surface area contributed by atoms with Crippen molar-refractivity contribution in [1.29, 1.82) is 0 Å². The molecule has 0 radical (unpaired) electrons. The van der Waals surface area contributed by atoms with Crippen LogP contribution < -0.4 is 10.3 Å². The molecule has 0 amide bonds. The molecule has 0 aliphatic rings. The van der Waals surface area contributed by atoms with Crippen LogP contribution in [0, 0.1) is 12.8 Å². The van der Waals surface area contributed by atoms with Gasteiger partial charge in [-0.25, -0.2) is 0 Å². The van der Waals surface area contributed by atoms with Crippen LogP contribution in [0.3, 0.4) is 0 Å². The molecule has 1 aromatic carbocycles. The third-order valence-corrected chi connectivity index (χ3v) is 3.77. The third-order valence-electron chi connectivity index (χ3n) is 3.77. The van der Waals surface area contributed by atoms with Crippen molar-refractivity contribution in [2.24, 2.45) is 10.9 Å². The van der Waals surface area contributed by atoms with Crippen molar-refractivity contribution in [3.63, 3.8) is 0 Å². The minimum Gasteiger partial charge on any atom is -0.365 e. The summed E-state index contributed by atoms with van der Waals surface area (Å²) >= 11 is 0. The third kappa shape index (κ3) is 4.09. The largest absolute Gasteiger partial charge is 0.365 e. The molecule has 1 rings (SSSR count). The lowest BCUT2D eigenvalue weighted by molar-refractivity contribution is 0.482. The standard InChI is InChI=1S/C17H32N2/c1-9-15(10-11(2)3)18-16-14(8)17(16)19(12(4)5)13(6)7/h11-13,15H,9-10H2,1-8H3/b18-16-/t15-/m1/s1. The number of rotatable bonds is 7. The van der Waals surface area contributed by atoms with Crippen LogP contribution in [0.5, 0.6) is 0 Å². The molecule has 0 saturated carbocycles. The average molecular weight is 264 g/mol. The lowest BCUT2D eigenvalue weighted by atomic mass is 10.0. The summed E-state index contributed by atoms with van der Waals surface area (Å²) in [6.07, 6.45) is 2.34. The van der Waals surface area contributed by atoms with Gasteiger partial charge in [0.1, 0.15) is 0 Å². The molecule has 19 heavy (non-hydrogen) atoms. The summed E-state index contributed by atoms with van der Waals surface area (Å²) < 4.78 is 0. The van der Waals surface area contributed by atoms with Gasteiger partial charge in [-0.3, -0.25) is 4.99 Å². The van der Waals surface area contributed by atoms with Crippen LogP contribution in [0.4, 0.5) is 5.69 Å². The van der Waals surface area contributed by atoms with Crippen molar-refractivity contribution < 1.29 is 0 Å². The van der Waals surface area contributed by atoms with Gasteiger partial charge in [0.05, 0.1) is 17.1 Å². The first kappa shape index (κ1) is 16.3. The molecule has 0 spiro atoms. The molecule has 110 valence electrons. The number of hydrogen-bond donors (Lipinski definition) is 0. The normalized spacial score (nSPS) is 15.2. The molecule has 1 atom stereocenters. The molecule has 0 fully saturated rings. The fraction of sp³-hybridized carbons (Fsp3) is 0.824. The van der Waals surface area contributed by atoms with Crippen LogP contribution in [0.2, 0.25) is 0 Å². The van der Waals surface area contributed by atoms with Gasteiger partial charge in [0.25, 0.3) is 0 Å². The Bertz CT molecular complexity index is 398. The van der Waals surface area contributed by atoms with Crippen molar-refractivity contribution in [2.75, 3.05) is 4.90 Å². The second-order valence-corrected chi connectivity index (χ2v) is 6.74. The fourth-order valence-electron chi connectivity index (χ4n) is 2.88. The van der Waals surface area contributed by atoms with Gasteiger partial charge in [0.2, 0.25) is 0 Å². The van der Waals surface area contributed by atoms with Crippen LogP contribution >= 0.6 is 0 Å². The molecule has 1 aromatic rings. The second-order valence-electron chi connectivity index (χ2n) is 6.74. The molecule has 0 heterocycles. The van der Waals surface area contributed by atoms with E-state index in [4.69, 9.17) is 4.99 Å². The molecule has 0 N–H and O–H groups in total. The Morgan fingerprint density at radius 2 is 1.53 bits per heavy atom. The van der Waals surface area contributed by atoms with Crippen LogP contribution in [0.1, 0.15) is 66.9 Å². The van der Waals surface area contributed by atoms with Gasteiger partial charge >= 0.3 is 0 Å². The van der Waals surface area contributed by atoms with E-state index in [1.807, 2.05) is 0 Å². The monoisotopic (exact) mass is 264 g/mol. The van der Waals surface area contributed by atoms with E-state index in [0.717, 1.165) is 12.3 Å². The van der Waals surface area contributed by atoms with Gasteiger partial charge in [0, 0.05) is 17.6 Å². The van der Waals surface area contributed by atoms with Gasteiger partial charge in [-0.05, 0) is 53.4 Å². The molecule has 0 unspecified atom stereocenters. The first-order valence-corrected chi connectivity index (χ1v) is 7.87. The Morgan fingerprint density at radius 1 is 1.00 bits per heavy atom. The molecular formula is C17H32N2. The summed E-state index contributed by atoms with van der Waals surface area (Å²) in [6.45, 7) is 18.1. The van der Waals surface area contributed by atoms with Crippen molar-refractivity contribution in [2.45, 2.75) is 86.4 Å². The quantitative estimate of drug-likeness (QED) is 0.720. The van der Waals surface area contributed by atoms with Crippen molar-refractivity contribution >= 4 is 5.69 Å². The first-order chi connectivity index (χ1) is 8.79. The van der Waals surface area contributed by atoms with E-state index in [-0.39, 0.29) is 0 Å². The van der Waals surface area contributed by atoms with Crippen LogP contribution in [0.15, 0.2) is 4.99 Å². The topological polar surface area (TPSA) is 15.6 Å². The molecule has 0 aliphatic heterocycles. The van der Waals surface area contributed by atoms with Crippen molar-refractivity contribution in [1.82, 2.24) is 0 Å². The van der Waals surface area contributed by atoms with E-state index in [2.05, 4.69) is 60.3 Å². The minimum atomic E-state index is 0.489. The maximum Gasteiger partial charge on any atom is 0.0865 e. The zero-order chi connectivity index (χ0) is 14.7. The second kappa shape index (κ2) is 6.58. The first-order valence-electron chi connectivity index (χ1n) is 7.87. The Kier molecular flexibility index (Phi) is 5.64. The highest BCUT2D eigenvalue weighted by molar-refractivity contribution is 5.65. The van der Waals surface area contributed by atoms with Gasteiger partial charge < -0.3 is 4.90 Å². The maximum atomic E-state index is 5.00. The minimum absolute atomic E-state index is 0.489. The summed E-state index contributed by atoms with van der Waals surface area (Å²) in [4.78, 5) is 7.49. The molecular weight excluding hydrogens is 232 g/mol. The Balaban J connectivity index is 2.92. The number of nitrogens with zero attached hydrogens (tertiary/aromatic N) is 2. The van der Waals surface area contributed by atoms with Crippen molar-refractivity contribution in [3.8, 4) is 0 Å². The lowest BCUT2D eigenvalue weighted by Gasteiger charge is -2.29. The van der Waals surface area contributed by atoms with Gasteiger partial charge in [-0.15, -0.1) is 0 Å². The molecule has 2 heteroatoms. The Labute approximate surface area is 119 Å². The Hall–Kier alpha value is -0.790. The predicted molar refractivity (Wildman–Crippen MR) is 85.4 cm³/mol. The summed E-state index contributed by atoms with van der Waals surface area (Å²) in [5.74, 6) is 0.725. The zero-order valence-corrected chi connectivity index (χ0v) is 14.1. The van der Waals surface area contributed by atoms with Gasteiger partial charge in [-0.2, -0.15) is 0 Å². The lowest BCUT2D eigenvalue weighted by Crippen LogP contribution is -2.36. The van der Waals surface area contributed by atoms with Gasteiger partial charge in [-0.1, -0.05) is 20.8 Å². The predicted octanol–water partition coefficient (Wildman–Crippen LogP) is 4.22. The highest BCUT2D eigenvalue weighted by Gasteiger charge is 2.26. The van der Waals surface area contributed by atoms with E-state index in [9.17, 15) is 0 Å². The van der Waals surface area contributed by atoms with Crippen LogP contribution in [0.25, 0.3) is 0 Å². The zero-order valence-electron chi connectivity index (χ0n) is 14.1. The van der Waals surface area contributed by atoms with Crippen molar-refractivity contribution in [3.05, 3.63) is 10.9 Å². The summed E-state index contributed by atoms with van der Waals surface area (Å²) in [5.41, 5.74) is 2.82. The molecule has 0 aromatic heterocycles. The maximum absolute atomic E-state index is 5.00. The molecule has 2 nitrogen and oxygen atoms in total. The van der Waals surface area contributed by atoms with Gasteiger partial charge in [0.15, 0.2) is 0 Å². The summed E-state index contributed by atoms with van der Waals surface area (Å²) in [6, 6.07) is 1.58. The Morgan fingerprint density at radius 3 is 1.89 bits per heavy atom. The number of hydrogen-bond acceptors (Lipinski definition) is 2. The fourth-order valence-corrected chi connectivity index (χ4v) is 2.88. The van der Waals surface area contributed by atoms with E-state index in [1.165, 1.54) is 23.0 Å². The molecule has 0 bridgehead atoms. The molecule has 0 saturated heterocycles. The smallest absolute Gasteiger partial charge is 0.0865 e. The van der Waals surface area contributed by atoms with E-state index in [0.29, 0.717) is 18.1 Å². The summed E-state index contributed by atoms with van der Waals surface area (Å²) in [7, 11) is 0. The van der Waals surface area contributed by atoms with Crippen LogP contribution in [-0.2, 0) is 0 Å². The summed E-state index contributed by atoms with van der Waals surface area (Å²) in [5, 5.41) is 1.29. The highest BCUT2D eigenvalue weighted by Crippen LogP contribution is 2.26.